The molecule has 0 saturated heterocycles. The number of rotatable bonds is 3. The molecule has 0 amide bonds. The lowest BCUT2D eigenvalue weighted by molar-refractivity contribution is -0.643. The molecular weight excluding hydrogens is 259 g/mol. The van der Waals surface area contributed by atoms with Crippen molar-refractivity contribution in [3.8, 4) is 17.6 Å². The SMILES string of the molecule is N[n+]1cc(F)c(OCc2ccccc2)cc1C#CCO. The maximum absolute atomic E-state index is 13.7. The van der Waals surface area contributed by atoms with Gasteiger partial charge in [-0.1, -0.05) is 40.9 Å². The van der Waals surface area contributed by atoms with Gasteiger partial charge in [-0.3, -0.25) is 0 Å². The van der Waals surface area contributed by atoms with Gasteiger partial charge in [0.05, 0.1) is 6.07 Å². The van der Waals surface area contributed by atoms with E-state index in [1.807, 2.05) is 30.3 Å². The van der Waals surface area contributed by atoms with Crippen molar-refractivity contribution in [1.29, 1.82) is 0 Å². The molecule has 5 heteroatoms. The molecule has 0 bridgehead atoms. The van der Waals surface area contributed by atoms with Crippen LogP contribution in [0.3, 0.4) is 0 Å². The van der Waals surface area contributed by atoms with E-state index in [4.69, 9.17) is 15.7 Å². The average Bonchev–Trinajstić information content (AvgIpc) is 2.46. The normalized spacial score (nSPS) is 9.70. The van der Waals surface area contributed by atoms with Crippen molar-refractivity contribution in [3.63, 3.8) is 0 Å². The number of benzene rings is 1. The molecule has 4 nitrogen and oxygen atoms in total. The second-order valence-electron chi connectivity index (χ2n) is 4.01. The lowest BCUT2D eigenvalue weighted by atomic mass is 10.2. The first-order valence-corrected chi connectivity index (χ1v) is 5.97. The van der Waals surface area contributed by atoms with E-state index >= 15 is 0 Å². The number of nitrogen functional groups attached to an aromatic ring is 1. The fourth-order valence-corrected chi connectivity index (χ4v) is 1.60. The van der Waals surface area contributed by atoms with Crippen LogP contribution in [0, 0.1) is 17.7 Å². The number of nitrogens with two attached hydrogens (primary N) is 1. The van der Waals surface area contributed by atoms with Crippen LogP contribution in [0.2, 0.25) is 0 Å². The first-order chi connectivity index (χ1) is 9.70. The second-order valence-corrected chi connectivity index (χ2v) is 4.01. The topological polar surface area (TPSA) is 59.4 Å². The molecule has 0 aliphatic heterocycles. The van der Waals surface area contributed by atoms with Crippen LogP contribution in [0.4, 0.5) is 4.39 Å². The molecule has 1 aromatic heterocycles. The Morgan fingerprint density at radius 1 is 1.30 bits per heavy atom. The van der Waals surface area contributed by atoms with Gasteiger partial charge in [0.2, 0.25) is 12.0 Å². The van der Waals surface area contributed by atoms with Crippen molar-refractivity contribution in [2.24, 2.45) is 0 Å². The van der Waals surface area contributed by atoms with Crippen LogP contribution >= 0.6 is 0 Å². The zero-order valence-electron chi connectivity index (χ0n) is 10.7. The summed E-state index contributed by atoms with van der Waals surface area (Å²) in [7, 11) is 0. The number of hydrogen-bond acceptors (Lipinski definition) is 3. The average molecular weight is 273 g/mol. The van der Waals surface area contributed by atoms with Gasteiger partial charge in [-0.25, -0.2) is 5.84 Å². The molecule has 0 spiro atoms. The quantitative estimate of drug-likeness (QED) is 0.493. The Bertz CT molecular complexity index is 648. The first kappa shape index (κ1) is 13.8. The predicted molar refractivity (Wildman–Crippen MR) is 71.5 cm³/mol. The third-order valence-corrected chi connectivity index (χ3v) is 2.57. The van der Waals surface area contributed by atoms with E-state index in [9.17, 15) is 4.39 Å². The summed E-state index contributed by atoms with van der Waals surface area (Å²) in [5.74, 6) is 10.1. The highest BCUT2D eigenvalue weighted by molar-refractivity contribution is 5.31. The van der Waals surface area contributed by atoms with Crippen molar-refractivity contribution in [2.75, 3.05) is 12.4 Å². The number of pyridine rings is 1. The van der Waals surface area contributed by atoms with Crippen LogP contribution in [-0.4, -0.2) is 11.7 Å². The minimum absolute atomic E-state index is 0.0674. The van der Waals surface area contributed by atoms with Crippen molar-refractivity contribution in [1.82, 2.24) is 0 Å². The molecule has 0 saturated carbocycles. The van der Waals surface area contributed by atoms with Crippen molar-refractivity contribution in [2.45, 2.75) is 6.61 Å². The van der Waals surface area contributed by atoms with E-state index in [1.54, 1.807) is 0 Å². The van der Waals surface area contributed by atoms with E-state index in [-0.39, 0.29) is 19.0 Å². The van der Waals surface area contributed by atoms with Crippen LogP contribution < -0.4 is 15.3 Å². The molecule has 3 N–H and O–H groups in total. The Labute approximate surface area is 116 Å². The molecule has 102 valence electrons. The molecule has 2 aromatic rings. The number of aliphatic hydroxyl groups is 1. The fraction of sp³-hybridized carbons (Fsp3) is 0.133. The van der Waals surface area contributed by atoms with Crippen LogP contribution in [0.1, 0.15) is 11.3 Å². The highest BCUT2D eigenvalue weighted by Gasteiger charge is 2.15. The Kier molecular flexibility index (Phi) is 4.53. The van der Waals surface area contributed by atoms with Gasteiger partial charge in [0.25, 0.3) is 5.69 Å². The monoisotopic (exact) mass is 273 g/mol. The number of hydrogen-bond donors (Lipinski definition) is 2. The summed E-state index contributed by atoms with van der Waals surface area (Å²) in [6.07, 6.45) is 1.09. The van der Waals surface area contributed by atoms with Crippen molar-refractivity contribution in [3.05, 3.63) is 59.7 Å². The van der Waals surface area contributed by atoms with E-state index in [0.717, 1.165) is 16.4 Å². The Morgan fingerprint density at radius 2 is 2.05 bits per heavy atom. The van der Waals surface area contributed by atoms with Crippen LogP contribution in [0.25, 0.3) is 0 Å². The van der Waals surface area contributed by atoms with Gasteiger partial charge in [-0.05, 0) is 5.56 Å². The summed E-state index contributed by atoms with van der Waals surface area (Å²) in [6, 6.07) is 10.8. The van der Waals surface area contributed by atoms with Gasteiger partial charge in [-0.15, -0.1) is 0 Å². The zero-order chi connectivity index (χ0) is 14.4. The molecule has 2 rings (SSSR count). The van der Waals surface area contributed by atoms with Crippen LogP contribution in [0.15, 0.2) is 42.6 Å². The minimum atomic E-state index is -0.571. The van der Waals surface area contributed by atoms with Crippen molar-refractivity contribution < 1.29 is 18.9 Å². The number of aromatic nitrogens is 1. The number of ether oxygens (including phenoxy) is 1. The zero-order valence-corrected chi connectivity index (χ0v) is 10.7. The van der Waals surface area contributed by atoms with E-state index in [1.165, 1.54) is 6.07 Å². The summed E-state index contributed by atoms with van der Waals surface area (Å²) in [6.45, 7) is -0.0448. The van der Waals surface area contributed by atoms with Gasteiger partial charge in [-0.2, -0.15) is 4.39 Å². The maximum atomic E-state index is 13.7. The largest absolute Gasteiger partial charge is 0.485 e. The van der Waals surface area contributed by atoms with Gasteiger partial charge >= 0.3 is 0 Å². The summed E-state index contributed by atoms with van der Waals surface area (Å²) >= 11 is 0. The third-order valence-electron chi connectivity index (χ3n) is 2.57. The lowest BCUT2D eigenvalue weighted by Crippen LogP contribution is -2.47. The Balaban J connectivity index is 2.19. The molecule has 1 heterocycles. The van der Waals surface area contributed by atoms with Gasteiger partial charge in [0.1, 0.15) is 13.2 Å². The third kappa shape index (κ3) is 3.46. The summed E-state index contributed by atoms with van der Waals surface area (Å²) in [4.78, 5) is 0. The Morgan fingerprint density at radius 3 is 2.75 bits per heavy atom. The molecule has 0 atom stereocenters. The Hall–Kier alpha value is -2.58. The van der Waals surface area contributed by atoms with Gasteiger partial charge in [0, 0.05) is 5.92 Å². The molecular formula is C15H14FN2O2+. The molecule has 20 heavy (non-hydrogen) atoms. The molecule has 0 unspecified atom stereocenters. The number of nitrogens with zero attached hydrogens (tertiary/aromatic N) is 1. The van der Waals surface area contributed by atoms with E-state index in [0.29, 0.717) is 5.69 Å². The molecule has 0 radical (unpaired) electrons. The smallest absolute Gasteiger partial charge is 0.289 e. The summed E-state index contributed by atoms with van der Waals surface area (Å²) in [5, 5.41) is 8.67. The van der Waals surface area contributed by atoms with Crippen LogP contribution in [0.5, 0.6) is 5.75 Å². The number of aliphatic hydroxyl groups excluding tert-OH is 1. The highest BCUT2D eigenvalue weighted by atomic mass is 19.1. The van der Waals surface area contributed by atoms with Gasteiger partial charge < -0.3 is 9.84 Å². The van der Waals surface area contributed by atoms with Crippen LogP contribution in [-0.2, 0) is 6.61 Å². The van der Waals surface area contributed by atoms with E-state index < -0.39 is 5.82 Å². The number of halogens is 1. The molecule has 0 fully saturated rings. The molecule has 0 aliphatic carbocycles. The molecule has 1 aromatic carbocycles. The summed E-state index contributed by atoms with van der Waals surface area (Å²) < 4.78 is 20.2. The fourth-order valence-electron chi connectivity index (χ4n) is 1.60. The lowest BCUT2D eigenvalue weighted by Gasteiger charge is -2.06. The minimum Gasteiger partial charge on any atom is -0.485 e. The van der Waals surface area contributed by atoms with Gasteiger partial charge in [0.15, 0.2) is 5.75 Å². The second kappa shape index (κ2) is 6.55. The standard InChI is InChI=1S/C15H14FN2O2/c16-14-10-18(17)13(7-4-8-19)9-15(14)20-11-12-5-2-1-3-6-12/h1-3,5-6,9-10,19H,8,11,17H2/q+1. The molecule has 0 aliphatic rings. The maximum Gasteiger partial charge on any atom is 0.289 e. The highest BCUT2D eigenvalue weighted by Crippen LogP contribution is 2.17. The van der Waals surface area contributed by atoms with E-state index in [2.05, 4.69) is 11.8 Å². The predicted octanol–water partition coefficient (Wildman–Crippen LogP) is 0.750. The first-order valence-electron chi connectivity index (χ1n) is 5.97. The van der Waals surface area contributed by atoms with Crippen molar-refractivity contribution >= 4 is 0 Å². The summed E-state index contributed by atoms with van der Waals surface area (Å²) in [5.41, 5.74) is 1.28.